The van der Waals surface area contributed by atoms with Gasteiger partial charge in [0.15, 0.2) is 0 Å². The zero-order valence-electron chi connectivity index (χ0n) is 18.7. The van der Waals surface area contributed by atoms with Gasteiger partial charge in [0.2, 0.25) is 0 Å². The number of alkyl halides is 4. The van der Waals surface area contributed by atoms with E-state index in [1.54, 1.807) is 0 Å². The van der Waals surface area contributed by atoms with Crippen molar-refractivity contribution in [3.63, 3.8) is 0 Å². The number of imidazole rings is 1. The van der Waals surface area contributed by atoms with Crippen LogP contribution in [0, 0.1) is 0 Å². The maximum absolute atomic E-state index is 13.0. The van der Waals surface area contributed by atoms with Gasteiger partial charge >= 0.3 is 6.18 Å². The van der Waals surface area contributed by atoms with E-state index in [0.717, 1.165) is 53.9 Å². The Labute approximate surface area is 200 Å². The molecule has 4 aromatic rings. The first-order valence-corrected chi connectivity index (χ1v) is 11.8. The van der Waals surface area contributed by atoms with Crippen molar-refractivity contribution in [2.24, 2.45) is 0 Å². The van der Waals surface area contributed by atoms with E-state index in [4.69, 9.17) is 16.6 Å². The molecular formula is C26H24ClF3N4. The molecule has 0 amide bonds. The normalized spacial score (nSPS) is 17.0. The number of fused-ring (bicyclic) bond motifs is 1. The molecule has 1 N–H and O–H groups in total. The minimum Gasteiger partial charge on any atom is -0.338 e. The lowest BCUT2D eigenvalue weighted by Crippen LogP contribution is -2.18. The van der Waals surface area contributed by atoms with Crippen LogP contribution in [0.5, 0.6) is 0 Å². The highest BCUT2D eigenvalue weighted by molar-refractivity contribution is 6.18. The van der Waals surface area contributed by atoms with Crippen molar-refractivity contribution in [3.05, 3.63) is 71.4 Å². The van der Waals surface area contributed by atoms with Gasteiger partial charge < -0.3 is 4.98 Å². The number of rotatable bonds is 5. The molecule has 0 saturated carbocycles. The topological polar surface area (TPSA) is 44.8 Å². The Morgan fingerprint density at radius 3 is 2.53 bits per heavy atom. The van der Waals surface area contributed by atoms with Gasteiger partial charge in [0.1, 0.15) is 5.82 Å². The average molecular weight is 485 g/mol. The standard InChI is InChI=1S/C26H24ClF3N4/c1-34-12-2-3-23(34)19-13-18(10-11-27)24(31-15-19)16-4-6-17(7-5-16)25-32-21-9-8-20(26(28,29)30)14-22(21)33-25/h4-9,13-15,23H,2-3,10-12H2,1H3,(H,32,33). The number of benzene rings is 2. The summed E-state index contributed by atoms with van der Waals surface area (Å²) < 4.78 is 39.1. The molecule has 0 aliphatic carbocycles. The van der Waals surface area contributed by atoms with E-state index < -0.39 is 11.7 Å². The van der Waals surface area contributed by atoms with Crippen molar-refractivity contribution in [1.29, 1.82) is 0 Å². The summed E-state index contributed by atoms with van der Waals surface area (Å²) in [5, 5.41) is 0. The number of hydrogen-bond donors (Lipinski definition) is 1. The largest absolute Gasteiger partial charge is 0.416 e. The third-order valence-electron chi connectivity index (χ3n) is 6.50. The monoisotopic (exact) mass is 484 g/mol. The Kier molecular flexibility index (Phi) is 6.08. The van der Waals surface area contributed by atoms with Crippen molar-refractivity contribution in [2.75, 3.05) is 19.5 Å². The number of halogens is 4. The molecule has 5 rings (SSSR count). The van der Waals surface area contributed by atoms with Crippen LogP contribution in [0.25, 0.3) is 33.7 Å². The van der Waals surface area contributed by atoms with Gasteiger partial charge in [-0.3, -0.25) is 9.88 Å². The van der Waals surface area contributed by atoms with Crippen LogP contribution in [0.3, 0.4) is 0 Å². The Morgan fingerprint density at radius 2 is 1.85 bits per heavy atom. The Morgan fingerprint density at radius 1 is 1.09 bits per heavy atom. The lowest BCUT2D eigenvalue weighted by molar-refractivity contribution is -0.137. The van der Waals surface area contributed by atoms with Crippen LogP contribution in [-0.2, 0) is 12.6 Å². The summed E-state index contributed by atoms with van der Waals surface area (Å²) in [6.07, 6.45) is 0.618. The lowest BCUT2D eigenvalue weighted by Gasteiger charge is -2.21. The van der Waals surface area contributed by atoms with Crippen LogP contribution in [0.4, 0.5) is 13.2 Å². The second kappa shape index (κ2) is 9.04. The van der Waals surface area contributed by atoms with E-state index in [1.165, 1.54) is 18.1 Å². The molecule has 1 unspecified atom stereocenters. The number of pyridine rings is 1. The molecule has 0 radical (unpaired) electrons. The van der Waals surface area contributed by atoms with E-state index in [0.29, 0.717) is 28.8 Å². The SMILES string of the molecule is CN1CCCC1c1cnc(-c2ccc(-c3nc4ccc(C(F)(F)F)cc4[nH]3)cc2)c(CCCl)c1. The fourth-order valence-electron chi connectivity index (χ4n) is 4.70. The number of nitrogens with zero attached hydrogens (tertiary/aromatic N) is 3. The molecule has 0 bridgehead atoms. The van der Waals surface area contributed by atoms with E-state index in [1.807, 2.05) is 30.5 Å². The first-order valence-electron chi connectivity index (χ1n) is 11.3. The Hall–Kier alpha value is -2.90. The number of aromatic nitrogens is 3. The van der Waals surface area contributed by atoms with E-state index >= 15 is 0 Å². The maximum atomic E-state index is 13.0. The molecule has 1 aliphatic rings. The van der Waals surface area contributed by atoms with Gasteiger partial charge in [-0.05, 0) is 62.2 Å². The minimum atomic E-state index is -4.39. The lowest BCUT2D eigenvalue weighted by atomic mass is 9.98. The zero-order valence-corrected chi connectivity index (χ0v) is 19.4. The molecule has 2 aromatic heterocycles. The molecule has 1 fully saturated rings. The minimum absolute atomic E-state index is 0.354. The second-order valence-corrected chi connectivity index (χ2v) is 9.12. The maximum Gasteiger partial charge on any atom is 0.416 e. The number of likely N-dealkylation sites (tertiary alicyclic amines) is 1. The average Bonchev–Trinajstić information content (AvgIpc) is 3.44. The highest BCUT2D eigenvalue weighted by atomic mass is 35.5. The van der Waals surface area contributed by atoms with Crippen LogP contribution in [-0.4, -0.2) is 39.3 Å². The van der Waals surface area contributed by atoms with E-state index in [9.17, 15) is 13.2 Å². The van der Waals surface area contributed by atoms with Crippen LogP contribution in [0.15, 0.2) is 54.7 Å². The Bertz CT molecular complexity index is 1310. The van der Waals surface area contributed by atoms with Crippen molar-refractivity contribution in [3.8, 4) is 22.6 Å². The highest BCUT2D eigenvalue weighted by Gasteiger charge is 2.30. The fraction of sp³-hybridized carbons (Fsp3) is 0.308. The molecule has 1 aliphatic heterocycles. The summed E-state index contributed by atoms with van der Waals surface area (Å²) in [5.41, 5.74) is 5.14. The van der Waals surface area contributed by atoms with Gasteiger partial charge in [-0.1, -0.05) is 30.3 Å². The van der Waals surface area contributed by atoms with Gasteiger partial charge in [-0.25, -0.2) is 4.98 Å². The van der Waals surface area contributed by atoms with Crippen molar-refractivity contribution in [1.82, 2.24) is 19.9 Å². The van der Waals surface area contributed by atoms with E-state index in [-0.39, 0.29) is 0 Å². The van der Waals surface area contributed by atoms with Crippen LogP contribution in [0.2, 0.25) is 0 Å². The van der Waals surface area contributed by atoms with Gasteiger partial charge in [-0.2, -0.15) is 13.2 Å². The molecule has 2 aromatic carbocycles. The molecule has 4 nitrogen and oxygen atoms in total. The van der Waals surface area contributed by atoms with Gasteiger partial charge in [0, 0.05) is 29.2 Å². The molecule has 0 spiro atoms. The summed E-state index contributed by atoms with van der Waals surface area (Å²) in [6, 6.07) is 13.9. The van der Waals surface area contributed by atoms with Gasteiger partial charge in [-0.15, -0.1) is 11.6 Å². The van der Waals surface area contributed by atoms with Gasteiger partial charge in [0.25, 0.3) is 0 Å². The molecule has 1 atom stereocenters. The van der Waals surface area contributed by atoms with Crippen molar-refractivity contribution in [2.45, 2.75) is 31.5 Å². The summed E-state index contributed by atoms with van der Waals surface area (Å²) in [7, 11) is 2.15. The predicted octanol–water partition coefficient (Wildman–Crippen LogP) is 6.86. The number of hydrogen-bond acceptors (Lipinski definition) is 3. The van der Waals surface area contributed by atoms with E-state index in [2.05, 4.69) is 28.0 Å². The van der Waals surface area contributed by atoms with Crippen molar-refractivity contribution < 1.29 is 13.2 Å². The first kappa shape index (κ1) is 22.9. The third kappa shape index (κ3) is 4.42. The second-order valence-electron chi connectivity index (χ2n) is 8.75. The van der Waals surface area contributed by atoms with Crippen LogP contribution < -0.4 is 0 Å². The first-order chi connectivity index (χ1) is 16.3. The summed E-state index contributed by atoms with van der Waals surface area (Å²) in [6.45, 7) is 1.10. The molecule has 176 valence electrons. The van der Waals surface area contributed by atoms with Crippen molar-refractivity contribution >= 4 is 22.6 Å². The number of nitrogens with one attached hydrogen (secondary N) is 1. The smallest absolute Gasteiger partial charge is 0.338 e. The van der Waals surface area contributed by atoms with Crippen LogP contribution >= 0.6 is 11.6 Å². The summed E-state index contributed by atoms with van der Waals surface area (Å²) in [4.78, 5) is 14.6. The predicted molar refractivity (Wildman–Crippen MR) is 129 cm³/mol. The number of aryl methyl sites for hydroxylation is 1. The quantitative estimate of drug-likeness (QED) is 0.315. The third-order valence-corrected chi connectivity index (χ3v) is 6.69. The highest BCUT2D eigenvalue weighted by Crippen LogP contribution is 2.34. The van der Waals surface area contributed by atoms with Gasteiger partial charge in [0.05, 0.1) is 22.3 Å². The molecule has 34 heavy (non-hydrogen) atoms. The molecule has 1 saturated heterocycles. The molecule has 8 heteroatoms. The number of H-pyrrole nitrogens is 1. The summed E-state index contributed by atoms with van der Waals surface area (Å²) >= 11 is 6.10. The zero-order chi connectivity index (χ0) is 23.9. The molecular weight excluding hydrogens is 461 g/mol. The Balaban J connectivity index is 1.45. The number of aromatic amines is 1. The molecule has 3 heterocycles. The van der Waals surface area contributed by atoms with Crippen LogP contribution in [0.1, 0.15) is 35.6 Å². The fourth-order valence-corrected chi connectivity index (χ4v) is 4.91. The summed E-state index contributed by atoms with van der Waals surface area (Å²) in [5.74, 6) is 1.03.